The van der Waals surface area contributed by atoms with Crippen LogP contribution >= 0.6 is 0 Å². The topological polar surface area (TPSA) is 68.8 Å². The quantitative estimate of drug-likeness (QED) is 0.316. The van der Waals surface area contributed by atoms with Gasteiger partial charge in [-0.2, -0.15) is 0 Å². The maximum Gasteiger partial charge on any atom is 0.220 e. The average molecular weight is 374 g/mol. The Morgan fingerprint density at radius 2 is 1.93 bits per heavy atom. The fourth-order valence-electron chi connectivity index (χ4n) is 2.85. The van der Waals surface area contributed by atoms with Crippen molar-refractivity contribution in [1.29, 1.82) is 0 Å². The van der Waals surface area contributed by atoms with Crippen molar-refractivity contribution < 1.29 is 4.79 Å². The lowest BCUT2D eigenvalue weighted by Gasteiger charge is -2.25. The molecule has 6 nitrogen and oxygen atoms in total. The number of amides is 1. The number of guanidine groups is 1. The molecule has 1 saturated carbocycles. The van der Waals surface area contributed by atoms with Crippen LogP contribution in [0.3, 0.4) is 0 Å². The second-order valence-electron chi connectivity index (χ2n) is 7.41. The first-order valence-electron chi connectivity index (χ1n) is 10.1. The lowest BCUT2D eigenvalue weighted by Crippen LogP contribution is -2.40. The Kier molecular flexibility index (Phi) is 9.11. The summed E-state index contributed by atoms with van der Waals surface area (Å²) in [5.41, 5.74) is 1.34. The van der Waals surface area contributed by atoms with Crippen LogP contribution in [0.2, 0.25) is 0 Å². The van der Waals surface area contributed by atoms with Crippen molar-refractivity contribution in [2.75, 3.05) is 27.2 Å². The molecule has 1 fully saturated rings. The van der Waals surface area contributed by atoms with Gasteiger partial charge in [0.25, 0.3) is 0 Å². The molecule has 0 aliphatic heterocycles. The highest BCUT2D eigenvalue weighted by Gasteiger charge is 2.22. The van der Waals surface area contributed by atoms with Crippen LogP contribution in [-0.2, 0) is 11.3 Å². The van der Waals surface area contributed by atoms with E-state index >= 15 is 0 Å². The van der Waals surface area contributed by atoms with Crippen molar-refractivity contribution in [3.8, 4) is 0 Å². The minimum absolute atomic E-state index is 0.164. The molecule has 0 radical (unpaired) electrons. The summed E-state index contributed by atoms with van der Waals surface area (Å²) in [5.74, 6) is 0.966. The maximum atomic E-state index is 11.7. The third kappa shape index (κ3) is 8.91. The summed E-state index contributed by atoms with van der Waals surface area (Å²) in [6, 6.07) is 11.5. The largest absolute Gasteiger partial charge is 0.356 e. The number of hydrogen-bond donors (Lipinski definition) is 3. The molecule has 6 heteroatoms. The van der Waals surface area contributed by atoms with Gasteiger partial charge in [0, 0.05) is 45.2 Å². The highest BCUT2D eigenvalue weighted by Crippen LogP contribution is 2.18. The Balaban J connectivity index is 1.55. The van der Waals surface area contributed by atoms with Crippen LogP contribution in [0.25, 0.3) is 0 Å². The van der Waals surface area contributed by atoms with E-state index in [1.54, 1.807) is 7.05 Å². The minimum atomic E-state index is 0.164. The summed E-state index contributed by atoms with van der Waals surface area (Å²) in [5, 5.41) is 9.66. The summed E-state index contributed by atoms with van der Waals surface area (Å²) in [4.78, 5) is 18.3. The Labute approximate surface area is 163 Å². The first kappa shape index (κ1) is 21.2. The molecule has 1 aromatic rings. The van der Waals surface area contributed by atoms with Gasteiger partial charge in [0.05, 0.1) is 0 Å². The molecule has 3 N–H and O–H groups in total. The Morgan fingerprint density at radius 1 is 1.22 bits per heavy atom. The van der Waals surface area contributed by atoms with Gasteiger partial charge in [-0.15, -0.1) is 0 Å². The van der Waals surface area contributed by atoms with Crippen LogP contribution in [0.15, 0.2) is 35.3 Å². The number of rotatable bonds is 11. The molecule has 150 valence electrons. The highest BCUT2D eigenvalue weighted by molar-refractivity contribution is 5.79. The monoisotopic (exact) mass is 373 g/mol. The van der Waals surface area contributed by atoms with Crippen LogP contribution < -0.4 is 16.0 Å². The molecule has 0 heterocycles. The zero-order valence-corrected chi connectivity index (χ0v) is 17.0. The van der Waals surface area contributed by atoms with Gasteiger partial charge in [-0.05, 0) is 45.2 Å². The van der Waals surface area contributed by atoms with Crippen molar-refractivity contribution in [3.05, 3.63) is 35.9 Å². The highest BCUT2D eigenvalue weighted by atomic mass is 16.1. The van der Waals surface area contributed by atoms with Crippen molar-refractivity contribution >= 4 is 11.9 Å². The van der Waals surface area contributed by atoms with Crippen LogP contribution in [0, 0.1) is 0 Å². The molecule has 1 atom stereocenters. The lowest BCUT2D eigenvalue weighted by molar-refractivity contribution is -0.121. The summed E-state index contributed by atoms with van der Waals surface area (Å²) in [7, 11) is 3.94. The van der Waals surface area contributed by atoms with Gasteiger partial charge in [0.1, 0.15) is 0 Å². The lowest BCUT2D eigenvalue weighted by atomic mass is 10.1. The van der Waals surface area contributed by atoms with Crippen molar-refractivity contribution in [2.24, 2.45) is 4.99 Å². The molecule has 0 saturated heterocycles. The van der Waals surface area contributed by atoms with E-state index in [-0.39, 0.29) is 5.91 Å². The predicted molar refractivity (Wildman–Crippen MR) is 112 cm³/mol. The van der Waals surface area contributed by atoms with Gasteiger partial charge < -0.3 is 16.0 Å². The fourth-order valence-corrected chi connectivity index (χ4v) is 2.85. The summed E-state index contributed by atoms with van der Waals surface area (Å²) in [6.07, 6.45) is 4.70. The number of carbonyl (C=O) groups excluding carboxylic acids is 1. The third-order valence-electron chi connectivity index (χ3n) is 4.92. The smallest absolute Gasteiger partial charge is 0.220 e. The molecule has 1 aliphatic carbocycles. The van der Waals surface area contributed by atoms with E-state index in [4.69, 9.17) is 0 Å². The molecule has 2 rings (SSSR count). The first-order valence-corrected chi connectivity index (χ1v) is 10.1. The van der Waals surface area contributed by atoms with Crippen LogP contribution in [-0.4, -0.2) is 56.0 Å². The second-order valence-corrected chi connectivity index (χ2v) is 7.41. The molecular weight excluding hydrogens is 338 g/mol. The molecule has 0 spiro atoms. The van der Waals surface area contributed by atoms with Gasteiger partial charge in [0.2, 0.25) is 5.91 Å². The van der Waals surface area contributed by atoms with Crippen molar-refractivity contribution in [2.45, 2.75) is 57.7 Å². The van der Waals surface area contributed by atoms with E-state index in [1.165, 1.54) is 5.56 Å². The Hall–Kier alpha value is -2.08. The van der Waals surface area contributed by atoms with E-state index in [1.807, 2.05) is 0 Å². The van der Waals surface area contributed by atoms with Crippen molar-refractivity contribution in [3.63, 3.8) is 0 Å². The zero-order valence-electron chi connectivity index (χ0n) is 17.0. The normalized spacial score (nSPS) is 15.5. The van der Waals surface area contributed by atoms with Gasteiger partial charge in [0.15, 0.2) is 5.96 Å². The molecule has 1 aliphatic rings. The average Bonchev–Trinajstić information content (AvgIpc) is 3.48. The summed E-state index contributed by atoms with van der Waals surface area (Å²) >= 11 is 0. The molecule has 1 unspecified atom stereocenters. The van der Waals surface area contributed by atoms with E-state index in [0.29, 0.717) is 18.5 Å². The van der Waals surface area contributed by atoms with E-state index < -0.39 is 0 Å². The first-order chi connectivity index (χ1) is 13.1. The zero-order chi connectivity index (χ0) is 19.5. The molecular formula is C21H35N5O. The SMILES string of the molecule is CN=C(NCCCC(=O)NC1CC1)NCCC(C)N(C)Cc1ccccc1. The number of aliphatic imine (C=N–C) groups is 1. The number of nitrogens with zero attached hydrogens (tertiary/aromatic N) is 2. The number of benzene rings is 1. The number of carbonyl (C=O) groups is 1. The van der Waals surface area contributed by atoms with Gasteiger partial charge in [-0.3, -0.25) is 14.7 Å². The van der Waals surface area contributed by atoms with Crippen LogP contribution in [0.4, 0.5) is 0 Å². The standard InChI is InChI=1S/C21H35N5O/c1-17(26(3)16-18-8-5-4-6-9-18)13-15-24-21(22-2)23-14-7-10-20(27)25-19-11-12-19/h4-6,8-9,17,19H,7,10-16H2,1-3H3,(H,25,27)(H2,22,23,24). The Morgan fingerprint density at radius 3 is 2.59 bits per heavy atom. The van der Waals surface area contributed by atoms with E-state index in [2.05, 4.69) is 70.1 Å². The maximum absolute atomic E-state index is 11.7. The van der Waals surface area contributed by atoms with Gasteiger partial charge in [-0.1, -0.05) is 30.3 Å². The molecule has 27 heavy (non-hydrogen) atoms. The molecule has 1 amide bonds. The van der Waals surface area contributed by atoms with Crippen LogP contribution in [0.5, 0.6) is 0 Å². The van der Waals surface area contributed by atoms with Crippen molar-refractivity contribution in [1.82, 2.24) is 20.9 Å². The van der Waals surface area contributed by atoms with E-state index in [0.717, 1.165) is 51.3 Å². The summed E-state index contributed by atoms with van der Waals surface area (Å²) < 4.78 is 0. The van der Waals surface area contributed by atoms with Gasteiger partial charge >= 0.3 is 0 Å². The predicted octanol–water partition coefficient (Wildman–Crippen LogP) is 2.12. The van der Waals surface area contributed by atoms with Gasteiger partial charge in [-0.25, -0.2) is 0 Å². The third-order valence-corrected chi connectivity index (χ3v) is 4.92. The minimum Gasteiger partial charge on any atom is -0.356 e. The fraction of sp³-hybridized carbons (Fsp3) is 0.619. The summed E-state index contributed by atoms with van der Waals surface area (Å²) in [6.45, 7) is 4.82. The Bertz CT molecular complexity index is 585. The molecule has 0 aromatic heterocycles. The number of hydrogen-bond acceptors (Lipinski definition) is 3. The number of nitrogens with one attached hydrogen (secondary N) is 3. The molecule has 1 aromatic carbocycles. The van der Waals surface area contributed by atoms with E-state index in [9.17, 15) is 4.79 Å². The van der Waals surface area contributed by atoms with Crippen LogP contribution in [0.1, 0.15) is 44.6 Å². The second kappa shape index (κ2) is 11.6. The molecule has 0 bridgehead atoms.